The number of aromatic nitrogens is 6. The number of rotatable bonds is 5. The number of thioether (sulfide) groups is 1. The molecule has 1 atom stereocenters. The molecule has 0 fully saturated rings. The van der Waals surface area contributed by atoms with Crippen LogP contribution in [0.1, 0.15) is 29.9 Å². The Morgan fingerprint density at radius 1 is 1.20 bits per heavy atom. The van der Waals surface area contributed by atoms with Crippen LogP contribution < -0.4 is 5.32 Å². The van der Waals surface area contributed by atoms with Crippen molar-refractivity contribution in [2.75, 3.05) is 11.6 Å². The van der Waals surface area contributed by atoms with Gasteiger partial charge in [-0.2, -0.15) is 10.4 Å². The molecule has 0 saturated carbocycles. The summed E-state index contributed by atoms with van der Waals surface area (Å²) in [5.41, 5.74) is 5.88. The summed E-state index contributed by atoms with van der Waals surface area (Å²) in [5, 5.41) is 18.0. The van der Waals surface area contributed by atoms with Crippen LogP contribution in [-0.4, -0.2) is 35.6 Å². The van der Waals surface area contributed by atoms with Gasteiger partial charge < -0.3 is 9.88 Å². The second-order valence-electron chi connectivity index (χ2n) is 7.09. The van der Waals surface area contributed by atoms with Crippen molar-refractivity contribution >= 4 is 28.6 Å². The van der Waals surface area contributed by atoms with E-state index < -0.39 is 0 Å². The first-order valence-electron chi connectivity index (χ1n) is 9.46. The predicted molar refractivity (Wildman–Crippen MR) is 118 cm³/mol. The molecule has 8 nitrogen and oxygen atoms in total. The van der Waals surface area contributed by atoms with Gasteiger partial charge in [-0.1, -0.05) is 11.8 Å². The van der Waals surface area contributed by atoms with Gasteiger partial charge >= 0.3 is 0 Å². The fraction of sp³-hybridized carbons (Fsp3) is 0.286. The third kappa shape index (κ3) is 3.39. The SMILES string of the molecule is CSc1nc(C)c(C#N)c(N[C@@H](C)c2nc3ccn(C)c3cc2-c2ccnn2C)n1. The van der Waals surface area contributed by atoms with E-state index in [1.54, 1.807) is 6.20 Å². The van der Waals surface area contributed by atoms with Crippen LogP contribution in [0.4, 0.5) is 5.82 Å². The molecule has 0 radical (unpaired) electrons. The Hall–Kier alpha value is -3.38. The van der Waals surface area contributed by atoms with Crippen molar-refractivity contribution in [1.82, 2.24) is 29.3 Å². The van der Waals surface area contributed by atoms with Crippen molar-refractivity contribution < 1.29 is 0 Å². The molecule has 4 heterocycles. The average molecular weight is 419 g/mol. The minimum atomic E-state index is -0.199. The average Bonchev–Trinajstić information content (AvgIpc) is 3.32. The lowest BCUT2D eigenvalue weighted by Crippen LogP contribution is -2.14. The Bertz CT molecular complexity index is 1280. The quantitative estimate of drug-likeness (QED) is 0.388. The summed E-state index contributed by atoms with van der Waals surface area (Å²) in [7, 11) is 3.92. The highest BCUT2D eigenvalue weighted by atomic mass is 32.2. The first-order valence-corrected chi connectivity index (χ1v) is 10.7. The van der Waals surface area contributed by atoms with Crippen LogP contribution in [0.25, 0.3) is 22.3 Å². The van der Waals surface area contributed by atoms with Gasteiger partial charge in [0, 0.05) is 32.1 Å². The van der Waals surface area contributed by atoms with Gasteiger partial charge in [-0.15, -0.1) is 0 Å². The van der Waals surface area contributed by atoms with E-state index in [-0.39, 0.29) is 6.04 Å². The van der Waals surface area contributed by atoms with E-state index in [4.69, 9.17) is 4.98 Å². The Morgan fingerprint density at radius 2 is 2.00 bits per heavy atom. The number of nitrogens with zero attached hydrogens (tertiary/aromatic N) is 7. The van der Waals surface area contributed by atoms with Crippen LogP contribution in [0, 0.1) is 18.3 Å². The maximum Gasteiger partial charge on any atom is 0.189 e. The van der Waals surface area contributed by atoms with E-state index in [1.165, 1.54) is 11.8 Å². The minimum absolute atomic E-state index is 0.199. The highest BCUT2D eigenvalue weighted by molar-refractivity contribution is 7.98. The van der Waals surface area contributed by atoms with E-state index >= 15 is 0 Å². The van der Waals surface area contributed by atoms with E-state index in [9.17, 15) is 5.26 Å². The van der Waals surface area contributed by atoms with Crippen molar-refractivity contribution in [3.63, 3.8) is 0 Å². The van der Waals surface area contributed by atoms with Crippen molar-refractivity contribution in [2.24, 2.45) is 14.1 Å². The molecule has 0 aliphatic heterocycles. The van der Waals surface area contributed by atoms with Gasteiger partial charge in [-0.3, -0.25) is 4.68 Å². The molecule has 1 N–H and O–H groups in total. The zero-order chi connectivity index (χ0) is 21.4. The van der Waals surface area contributed by atoms with Gasteiger partial charge in [-0.25, -0.2) is 15.0 Å². The molecule has 0 bridgehead atoms. The van der Waals surface area contributed by atoms with E-state index in [2.05, 4.69) is 37.1 Å². The Balaban J connectivity index is 1.84. The highest BCUT2D eigenvalue weighted by Gasteiger charge is 2.21. The van der Waals surface area contributed by atoms with Gasteiger partial charge in [0.1, 0.15) is 17.5 Å². The summed E-state index contributed by atoms with van der Waals surface area (Å²) in [6, 6.07) is 8.13. The highest BCUT2D eigenvalue weighted by Crippen LogP contribution is 2.32. The van der Waals surface area contributed by atoms with Crippen LogP contribution in [0.3, 0.4) is 0 Å². The summed E-state index contributed by atoms with van der Waals surface area (Å²) < 4.78 is 3.89. The lowest BCUT2D eigenvalue weighted by molar-refractivity contribution is 0.768. The molecule has 0 aromatic carbocycles. The topological polar surface area (TPSA) is 97.2 Å². The smallest absolute Gasteiger partial charge is 0.189 e. The lowest BCUT2D eigenvalue weighted by Gasteiger charge is -2.19. The number of nitriles is 1. The first kappa shape index (κ1) is 19.9. The molecule has 0 saturated heterocycles. The van der Waals surface area contributed by atoms with Gasteiger partial charge in [0.25, 0.3) is 0 Å². The molecule has 4 aromatic heterocycles. The monoisotopic (exact) mass is 418 g/mol. The van der Waals surface area contributed by atoms with Crippen LogP contribution in [0.15, 0.2) is 35.7 Å². The molecule has 0 unspecified atom stereocenters. The molecular weight excluding hydrogens is 396 g/mol. The van der Waals surface area contributed by atoms with Crippen molar-refractivity contribution in [1.29, 1.82) is 5.26 Å². The molecular formula is C21H22N8S. The summed E-state index contributed by atoms with van der Waals surface area (Å²) in [6.45, 7) is 3.85. The molecule has 0 aliphatic rings. The number of hydrogen-bond donors (Lipinski definition) is 1. The number of fused-ring (bicyclic) bond motifs is 1. The van der Waals surface area contributed by atoms with Crippen molar-refractivity contribution in [2.45, 2.75) is 25.0 Å². The first-order chi connectivity index (χ1) is 14.4. The number of hydrogen-bond acceptors (Lipinski definition) is 7. The van der Waals surface area contributed by atoms with Crippen LogP contribution in [0.5, 0.6) is 0 Å². The number of pyridine rings is 1. The summed E-state index contributed by atoms with van der Waals surface area (Å²) in [5.74, 6) is 0.521. The van der Waals surface area contributed by atoms with Gasteiger partial charge in [0.15, 0.2) is 5.16 Å². The number of aryl methyl sites for hydroxylation is 3. The number of anilines is 1. The van der Waals surface area contributed by atoms with Gasteiger partial charge in [0.05, 0.1) is 34.2 Å². The summed E-state index contributed by atoms with van der Waals surface area (Å²) in [6.07, 6.45) is 5.69. The molecule has 30 heavy (non-hydrogen) atoms. The third-order valence-electron chi connectivity index (χ3n) is 5.12. The van der Waals surface area contributed by atoms with Crippen molar-refractivity contribution in [3.8, 4) is 17.3 Å². The predicted octanol–water partition coefficient (Wildman–Crippen LogP) is 3.84. The fourth-order valence-electron chi connectivity index (χ4n) is 3.52. The molecule has 0 aliphatic carbocycles. The molecule has 152 valence electrons. The van der Waals surface area contributed by atoms with E-state index in [0.717, 1.165) is 28.0 Å². The third-order valence-corrected chi connectivity index (χ3v) is 5.67. The molecule has 4 rings (SSSR count). The standard InChI is InChI=1S/C21H22N8S/c1-12-15(11-22)20(27-21(25-12)30-5)24-13(2)19-14(17-6-8-23-29(17)4)10-18-16(26-19)7-9-28(18)3/h6-10,13H,1-5H3,(H,24,25,27)/t13-/m0/s1. The minimum Gasteiger partial charge on any atom is -0.361 e. The van der Waals surface area contributed by atoms with E-state index in [0.29, 0.717) is 22.2 Å². The maximum absolute atomic E-state index is 9.62. The number of nitrogens with one attached hydrogen (secondary N) is 1. The maximum atomic E-state index is 9.62. The molecule has 0 amide bonds. The largest absolute Gasteiger partial charge is 0.361 e. The second kappa shape index (κ2) is 7.80. The Kier molecular flexibility index (Phi) is 5.18. The Morgan fingerprint density at radius 3 is 2.67 bits per heavy atom. The summed E-state index contributed by atoms with van der Waals surface area (Å²) in [4.78, 5) is 13.9. The Labute approximate surface area is 179 Å². The second-order valence-corrected chi connectivity index (χ2v) is 7.86. The fourth-order valence-corrected chi connectivity index (χ4v) is 3.93. The normalized spacial score (nSPS) is 12.1. The summed E-state index contributed by atoms with van der Waals surface area (Å²) >= 11 is 1.45. The zero-order valence-corrected chi connectivity index (χ0v) is 18.3. The van der Waals surface area contributed by atoms with Crippen LogP contribution in [0.2, 0.25) is 0 Å². The van der Waals surface area contributed by atoms with Gasteiger partial charge in [-0.05, 0) is 38.3 Å². The zero-order valence-electron chi connectivity index (χ0n) is 17.5. The lowest BCUT2D eigenvalue weighted by atomic mass is 10.0. The molecule has 9 heteroatoms. The van der Waals surface area contributed by atoms with Crippen molar-refractivity contribution in [3.05, 3.63) is 47.5 Å². The molecule has 0 spiro atoms. The van der Waals surface area contributed by atoms with Gasteiger partial charge in [0.2, 0.25) is 0 Å². The van der Waals surface area contributed by atoms with Crippen LogP contribution in [-0.2, 0) is 14.1 Å². The molecule has 4 aromatic rings. The van der Waals surface area contributed by atoms with E-state index in [1.807, 2.05) is 57.2 Å². The van der Waals surface area contributed by atoms with Crippen LogP contribution >= 0.6 is 11.8 Å².